The first kappa shape index (κ1) is 24.5. The monoisotopic (exact) mass is 450 g/mol. The van der Waals surface area contributed by atoms with Gasteiger partial charge in [0.25, 0.3) is 5.91 Å². The Balaban J connectivity index is 1.82. The first-order valence-electron chi connectivity index (χ1n) is 10.1. The fraction of sp³-hybridized carbons (Fsp3) is 0.409. The number of methoxy groups -OCH3 is 2. The number of nitrogens with one attached hydrogen (secondary N) is 1. The van der Waals surface area contributed by atoms with Crippen molar-refractivity contribution in [3.63, 3.8) is 0 Å². The van der Waals surface area contributed by atoms with Crippen molar-refractivity contribution >= 4 is 15.9 Å². The molecule has 0 spiro atoms. The number of carbonyl (C=O) groups excluding carboxylic acids is 1. The van der Waals surface area contributed by atoms with E-state index >= 15 is 0 Å². The summed E-state index contributed by atoms with van der Waals surface area (Å²) in [5, 5.41) is 2.79. The summed E-state index contributed by atoms with van der Waals surface area (Å²) in [6, 6.07) is 11.7. The number of nitrogens with zero attached hydrogens (tertiary/aromatic N) is 1. The first-order chi connectivity index (χ1) is 14.8. The number of amides is 1. The fourth-order valence-corrected chi connectivity index (χ4v) is 4.46. The van der Waals surface area contributed by atoms with Crippen LogP contribution in [0.1, 0.15) is 19.4 Å². The molecule has 0 radical (unpaired) electrons. The maximum atomic E-state index is 12.5. The van der Waals surface area contributed by atoms with E-state index in [1.807, 2.05) is 18.2 Å². The third-order valence-electron chi connectivity index (χ3n) is 4.72. The smallest absolute Gasteiger partial charge is 0.257 e. The van der Waals surface area contributed by atoms with E-state index < -0.39 is 10.0 Å². The van der Waals surface area contributed by atoms with Gasteiger partial charge in [0, 0.05) is 19.6 Å². The Hall–Kier alpha value is -2.78. The highest BCUT2D eigenvalue weighted by atomic mass is 32.2. The molecule has 0 atom stereocenters. The van der Waals surface area contributed by atoms with Crippen LogP contribution in [-0.2, 0) is 21.2 Å². The van der Waals surface area contributed by atoms with Gasteiger partial charge in [-0.2, -0.15) is 4.31 Å². The molecule has 0 saturated heterocycles. The number of hydrogen-bond acceptors (Lipinski definition) is 6. The van der Waals surface area contributed by atoms with E-state index in [-0.39, 0.29) is 17.4 Å². The van der Waals surface area contributed by atoms with Gasteiger partial charge in [0.05, 0.1) is 19.1 Å². The molecule has 0 bridgehead atoms. The molecule has 9 heteroatoms. The van der Waals surface area contributed by atoms with E-state index in [9.17, 15) is 13.2 Å². The van der Waals surface area contributed by atoms with Crippen molar-refractivity contribution in [3.8, 4) is 17.2 Å². The lowest BCUT2D eigenvalue weighted by Gasteiger charge is -2.18. The molecule has 1 amide bonds. The highest BCUT2D eigenvalue weighted by molar-refractivity contribution is 7.89. The van der Waals surface area contributed by atoms with Gasteiger partial charge in [-0.3, -0.25) is 4.79 Å². The molecular formula is C22H30N2O6S. The van der Waals surface area contributed by atoms with Crippen LogP contribution in [0.25, 0.3) is 0 Å². The Bertz CT molecular complexity index is 956. The van der Waals surface area contributed by atoms with Gasteiger partial charge in [-0.15, -0.1) is 0 Å². The summed E-state index contributed by atoms with van der Waals surface area (Å²) >= 11 is 0. The minimum atomic E-state index is -3.52. The lowest BCUT2D eigenvalue weighted by molar-refractivity contribution is -0.123. The molecule has 0 unspecified atom stereocenters. The van der Waals surface area contributed by atoms with Crippen LogP contribution in [0.4, 0.5) is 0 Å². The SMILES string of the molecule is CCN(CC)S(=O)(=O)c1ccc(OCC(=O)NCCc2ccc(OC)c(OC)c2)cc1. The number of benzene rings is 2. The quantitative estimate of drug-likeness (QED) is 0.534. The van der Waals surface area contributed by atoms with Crippen LogP contribution in [0.3, 0.4) is 0 Å². The maximum Gasteiger partial charge on any atom is 0.257 e. The molecule has 0 saturated carbocycles. The van der Waals surface area contributed by atoms with Crippen LogP contribution in [0.2, 0.25) is 0 Å². The zero-order valence-corrected chi connectivity index (χ0v) is 19.2. The number of hydrogen-bond donors (Lipinski definition) is 1. The molecule has 31 heavy (non-hydrogen) atoms. The summed E-state index contributed by atoms with van der Waals surface area (Å²) in [4.78, 5) is 12.2. The Morgan fingerprint density at radius 3 is 2.19 bits per heavy atom. The molecule has 2 rings (SSSR count). The summed E-state index contributed by atoms with van der Waals surface area (Å²) in [6.07, 6.45) is 0.629. The van der Waals surface area contributed by atoms with Crippen molar-refractivity contribution in [2.24, 2.45) is 0 Å². The van der Waals surface area contributed by atoms with Gasteiger partial charge in [-0.1, -0.05) is 19.9 Å². The van der Waals surface area contributed by atoms with Crippen molar-refractivity contribution in [2.45, 2.75) is 25.2 Å². The number of sulfonamides is 1. The number of ether oxygens (including phenoxy) is 3. The van der Waals surface area contributed by atoms with Crippen LogP contribution < -0.4 is 19.5 Å². The summed E-state index contributed by atoms with van der Waals surface area (Å²) in [5.74, 6) is 1.45. The second-order valence-corrected chi connectivity index (χ2v) is 8.58. The highest BCUT2D eigenvalue weighted by Crippen LogP contribution is 2.27. The molecule has 0 heterocycles. The molecule has 0 aliphatic heterocycles. The average molecular weight is 451 g/mol. The second-order valence-electron chi connectivity index (χ2n) is 6.64. The molecular weight excluding hydrogens is 420 g/mol. The van der Waals surface area contributed by atoms with E-state index in [4.69, 9.17) is 14.2 Å². The molecule has 0 aromatic heterocycles. The summed E-state index contributed by atoms with van der Waals surface area (Å²) in [5.41, 5.74) is 1.00. The average Bonchev–Trinajstić information content (AvgIpc) is 2.78. The minimum absolute atomic E-state index is 0.159. The van der Waals surface area contributed by atoms with Gasteiger partial charge >= 0.3 is 0 Å². The molecule has 0 fully saturated rings. The van der Waals surface area contributed by atoms with Gasteiger partial charge in [0.15, 0.2) is 18.1 Å². The van der Waals surface area contributed by atoms with Gasteiger partial charge in [-0.05, 0) is 48.4 Å². The fourth-order valence-electron chi connectivity index (χ4n) is 3.00. The topological polar surface area (TPSA) is 94.2 Å². The third kappa shape index (κ3) is 6.60. The summed E-state index contributed by atoms with van der Waals surface area (Å²) in [6.45, 7) is 4.68. The first-order valence-corrected chi connectivity index (χ1v) is 11.5. The predicted octanol–water partition coefficient (Wildman–Crippen LogP) is 2.47. The summed E-state index contributed by atoms with van der Waals surface area (Å²) < 4.78 is 42.3. The maximum absolute atomic E-state index is 12.5. The number of rotatable bonds is 12. The standard InChI is InChI=1S/C22H30N2O6S/c1-5-24(6-2)31(26,27)19-10-8-18(9-11-19)30-16-22(25)23-14-13-17-7-12-20(28-3)21(15-17)29-4/h7-12,15H,5-6,13-14,16H2,1-4H3,(H,23,25). The Labute approximate surface area is 184 Å². The predicted molar refractivity (Wildman–Crippen MR) is 118 cm³/mol. The van der Waals surface area contributed by atoms with Crippen molar-refractivity contribution in [2.75, 3.05) is 40.5 Å². The van der Waals surface area contributed by atoms with Gasteiger partial charge in [0.1, 0.15) is 5.75 Å². The molecule has 2 aromatic rings. The lowest BCUT2D eigenvalue weighted by Crippen LogP contribution is -2.31. The van der Waals surface area contributed by atoms with Gasteiger partial charge in [-0.25, -0.2) is 8.42 Å². The van der Waals surface area contributed by atoms with Crippen LogP contribution in [-0.4, -0.2) is 59.1 Å². The Kier molecular flexibility index (Phi) is 9.14. The van der Waals surface area contributed by atoms with E-state index in [1.165, 1.54) is 16.4 Å². The highest BCUT2D eigenvalue weighted by Gasteiger charge is 2.21. The molecule has 1 N–H and O–H groups in total. The van der Waals surface area contributed by atoms with Crippen LogP contribution >= 0.6 is 0 Å². The van der Waals surface area contributed by atoms with Crippen molar-refractivity contribution in [1.82, 2.24) is 9.62 Å². The Morgan fingerprint density at radius 1 is 0.968 bits per heavy atom. The van der Waals surface area contributed by atoms with E-state index in [2.05, 4.69) is 5.32 Å². The van der Waals surface area contributed by atoms with Crippen molar-refractivity contribution < 1.29 is 27.4 Å². The zero-order valence-electron chi connectivity index (χ0n) is 18.4. The van der Waals surface area contributed by atoms with Gasteiger partial charge < -0.3 is 19.5 Å². The van der Waals surface area contributed by atoms with E-state index in [0.717, 1.165) is 5.56 Å². The molecule has 170 valence electrons. The van der Waals surface area contributed by atoms with E-state index in [0.29, 0.717) is 43.3 Å². The zero-order chi connectivity index (χ0) is 22.9. The molecule has 2 aromatic carbocycles. The van der Waals surface area contributed by atoms with Gasteiger partial charge in [0.2, 0.25) is 10.0 Å². The summed E-state index contributed by atoms with van der Waals surface area (Å²) in [7, 11) is -0.361. The molecule has 0 aliphatic carbocycles. The van der Waals surface area contributed by atoms with Crippen LogP contribution in [0.5, 0.6) is 17.2 Å². The molecule has 0 aliphatic rings. The normalized spacial score (nSPS) is 11.3. The van der Waals surface area contributed by atoms with E-state index in [1.54, 1.807) is 40.2 Å². The number of carbonyl (C=O) groups is 1. The second kappa shape index (κ2) is 11.6. The minimum Gasteiger partial charge on any atom is -0.493 e. The van der Waals surface area contributed by atoms with Crippen molar-refractivity contribution in [3.05, 3.63) is 48.0 Å². The Morgan fingerprint density at radius 2 is 1.61 bits per heavy atom. The van der Waals surface area contributed by atoms with Crippen LogP contribution in [0, 0.1) is 0 Å². The molecule has 8 nitrogen and oxygen atoms in total. The third-order valence-corrected chi connectivity index (χ3v) is 6.78. The van der Waals surface area contributed by atoms with Crippen molar-refractivity contribution in [1.29, 1.82) is 0 Å². The largest absolute Gasteiger partial charge is 0.493 e. The lowest BCUT2D eigenvalue weighted by atomic mass is 10.1. The van der Waals surface area contributed by atoms with Crippen LogP contribution in [0.15, 0.2) is 47.4 Å².